The van der Waals surface area contributed by atoms with E-state index in [1.54, 1.807) is 10.6 Å². The van der Waals surface area contributed by atoms with Gasteiger partial charge in [-0.1, -0.05) is 0 Å². The summed E-state index contributed by atoms with van der Waals surface area (Å²) in [6.45, 7) is 5.42. The fraction of sp³-hybridized carbons (Fsp3) is 0.722. The fourth-order valence-electron chi connectivity index (χ4n) is 3.70. The van der Waals surface area contributed by atoms with E-state index in [0.717, 1.165) is 57.8 Å². The maximum atomic E-state index is 12.5. The van der Waals surface area contributed by atoms with E-state index < -0.39 is 0 Å². The normalized spacial score (nSPS) is 23.9. The van der Waals surface area contributed by atoms with Crippen LogP contribution in [0, 0.1) is 11.8 Å². The van der Waals surface area contributed by atoms with Gasteiger partial charge < -0.3 is 10.1 Å². The van der Waals surface area contributed by atoms with Gasteiger partial charge in [-0.25, -0.2) is 4.98 Å². The topological polar surface area (TPSA) is 76.5 Å². The highest BCUT2D eigenvalue weighted by atomic mass is 16.5. The molecule has 0 bridgehead atoms. The number of rotatable bonds is 5. The maximum Gasteiger partial charge on any atom is 0.253 e. The van der Waals surface area contributed by atoms with E-state index in [0.29, 0.717) is 31.2 Å². The Morgan fingerprint density at radius 1 is 1.32 bits per heavy atom. The summed E-state index contributed by atoms with van der Waals surface area (Å²) in [7, 11) is 0. The van der Waals surface area contributed by atoms with Crippen molar-refractivity contribution in [2.75, 3.05) is 26.3 Å². The molecule has 3 aliphatic rings. The van der Waals surface area contributed by atoms with Crippen molar-refractivity contribution in [3.63, 3.8) is 0 Å². The van der Waals surface area contributed by atoms with E-state index in [1.165, 1.54) is 0 Å². The average molecular weight is 346 g/mol. The number of nitrogens with one attached hydrogen (secondary N) is 1. The number of hydrogen-bond acceptors (Lipinski definition) is 5. The number of carbonyl (C=O) groups excluding carboxylic acids is 1. The highest BCUT2D eigenvalue weighted by Crippen LogP contribution is 2.28. The lowest BCUT2D eigenvalue weighted by Gasteiger charge is -2.22. The lowest BCUT2D eigenvalue weighted by molar-refractivity contribution is -0.122. The van der Waals surface area contributed by atoms with Gasteiger partial charge in [0.25, 0.3) is 5.56 Å². The Morgan fingerprint density at radius 2 is 2.20 bits per heavy atom. The van der Waals surface area contributed by atoms with Crippen molar-refractivity contribution in [3.05, 3.63) is 27.9 Å². The second kappa shape index (κ2) is 7.25. The highest BCUT2D eigenvalue weighted by molar-refractivity contribution is 5.80. The van der Waals surface area contributed by atoms with Crippen LogP contribution in [0.4, 0.5) is 0 Å². The Kier molecular flexibility index (Phi) is 4.85. The standard InChI is InChI=1S/C18H26N4O3/c23-17-8-15(9-19-18(24)14-2-3-14)20-16-11-21(5-1-6-22(16)17)10-13-4-7-25-12-13/h8,13-14H,1-7,9-12H2,(H,19,24). The summed E-state index contributed by atoms with van der Waals surface area (Å²) in [6.07, 6.45) is 4.03. The van der Waals surface area contributed by atoms with Crippen molar-refractivity contribution >= 4 is 5.91 Å². The first-order chi connectivity index (χ1) is 12.2. The molecule has 4 rings (SSSR count). The molecule has 136 valence electrons. The molecule has 1 saturated heterocycles. The third-order valence-corrected chi connectivity index (χ3v) is 5.29. The van der Waals surface area contributed by atoms with Crippen molar-refractivity contribution in [1.82, 2.24) is 19.8 Å². The Bertz CT molecular complexity index is 692. The van der Waals surface area contributed by atoms with E-state index in [1.807, 2.05) is 0 Å². The van der Waals surface area contributed by atoms with Gasteiger partial charge in [-0.05, 0) is 31.6 Å². The predicted octanol–water partition coefficient (Wildman–Crippen LogP) is 0.512. The maximum absolute atomic E-state index is 12.5. The van der Waals surface area contributed by atoms with Crippen LogP contribution < -0.4 is 10.9 Å². The van der Waals surface area contributed by atoms with Crippen LogP contribution in [-0.4, -0.2) is 46.7 Å². The quantitative estimate of drug-likeness (QED) is 0.841. The minimum atomic E-state index is -0.00767. The zero-order chi connectivity index (χ0) is 17.2. The molecule has 0 radical (unpaired) electrons. The summed E-state index contributed by atoms with van der Waals surface area (Å²) in [4.78, 5) is 31.3. The minimum Gasteiger partial charge on any atom is -0.381 e. The minimum absolute atomic E-state index is 0.00767. The van der Waals surface area contributed by atoms with Crippen LogP contribution in [0.1, 0.15) is 37.2 Å². The average Bonchev–Trinajstić information content (AvgIpc) is 3.35. The summed E-state index contributed by atoms with van der Waals surface area (Å²) in [5.41, 5.74) is 0.656. The molecule has 1 amide bonds. The van der Waals surface area contributed by atoms with Crippen LogP contribution in [0.5, 0.6) is 0 Å². The first-order valence-electron chi connectivity index (χ1n) is 9.36. The molecule has 0 aromatic carbocycles. The molecule has 7 nitrogen and oxygen atoms in total. The summed E-state index contributed by atoms with van der Waals surface area (Å²) < 4.78 is 7.27. The molecular weight excluding hydrogens is 320 g/mol. The van der Waals surface area contributed by atoms with Gasteiger partial charge >= 0.3 is 0 Å². The number of nitrogens with zero attached hydrogens (tertiary/aromatic N) is 3. The van der Waals surface area contributed by atoms with Crippen LogP contribution in [0.15, 0.2) is 10.9 Å². The molecule has 1 unspecified atom stereocenters. The summed E-state index contributed by atoms with van der Waals surface area (Å²) in [6, 6.07) is 1.57. The molecule has 1 aromatic rings. The van der Waals surface area contributed by atoms with Crippen molar-refractivity contribution < 1.29 is 9.53 Å². The zero-order valence-electron chi connectivity index (χ0n) is 14.6. The van der Waals surface area contributed by atoms with Gasteiger partial charge in [0, 0.05) is 38.2 Å². The summed E-state index contributed by atoms with van der Waals surface area (Å²) in [5.74, 6) is 1.66. The Morgan fingerprint density at radius 3 is 2.96 bits per heavy atom. The highest BCUT2D eigenvalue weighted by Gasteiger charge is 2.29. The van der Waals surface area contributed by atoms with E-state index in [-0.39, 0.29) is 17.4 Å². The molecule has 3 heterocycles. The summed E-state index contributed by atoms with van der Waals surface area (Å²) in [5, 5.41) is 2.90. The van der Waals surface area contributed by atoms with E-state index in [2.05, 4.69) is 15.2 Å². The molecule has 1 aromatic heterocycles. The van der Waals surface area contributed by atoms with E-state index >= 15 is 0 Å². The molecule has 2 aliphatic heterocycles. The summed E-state index contributed by atoms with van der Waals surface area (Å²) >= 11 is 0. The molecule has 1 aliphatic carbocycles. The van der Waals surface area contributed by atoms with Crippen LogP contribution in [-0.2, 0) is 29.2 Å². The number of carbonyl (C=O) groups is 1. The second-order valence-electron chi connectivity index (χ2n) is 7.46. The van der Waals surface area contributed by atoms with Crippen molar-refractivity contribution in [3.8, 4) is 0 Å². The third-order valence-electron chi connectivity index (χ3n) is 5.29. The molecule has 1 saturated carbocycles. The van der Waals surface area contributed by atoms with Crippen molar-refractivity contribution in [2.24, 2.45) is 11.8 Å². The van der Waals surface area contributed by atoms with Gasteiger partial charge in [0.15, 0.2) is 0 Å². The molecular formula is C18H26N4O3. The lowest BCUT2D eigenvalue weighted by atomic mass is 10.1. The Labute approximate surface area is 147 Å². The zero-order valence-corrected chi connectivity index (χ0v) is 14.6. The Balaban J connectivity index is 1.45. The molecule has 25 heavy (non-hydrogen) atoms. The first-order valence-corrected chi connectivity index (χ1v) is 9.36. The molecule has 1 atom stereocenters. The monoisotopic (exact) mass is 346 g/mol. The van der Waals surface area contributed by atoms with Gasteiger partial charge in [0.05, 0.1) is 25.4 Å². The van der Waals surface area contributed by atoms with Crippen LogP contribution in [0.2, 0.25) is 0 Å². The van der Waals surface area contributed by atoms with E-state index in [9.17, 15) is 9.59 Å². The number of ether oxygens (including phenoxy) is 1. The van der Waals surface area contributed by atoms with Gasteiger partial charge in [0.2, 0.25) is 5.91 Å². The molecule has 1 N–H and O–H groups in total. The number of aromatic nitrogens is 2. The van der Waals surface area contributed by atoms with Gasteiger partial charge in [-0.2, -0.15) is 0 Å². The Hall–Kier alpha value is -1.73. The number of fused-ring (bicyclic) bond motifs is 1. The lowest BCUT2D eigenvalue weighted by Crippen LogP contribution is -2.32. The SMILES string of the molecule is O=C(NCc1cc(=O)n2c(n1)CN(CC1CCOC1)CCC2)C1CC1. The largest absolute Gasteiger partial charge is 0.381 e. The molecule has 7 heteroatoms. The predicted molar refractivity (Wildman–Crippen MR) is 91.9 cm³/mol. The number of hydrogen-bond donors (Lipinski definition) is 1. The van der Waals surface area contributed by atoms with Crippen LogP contribution in [0.3, 0.4) is 0 Å². The fourth-order valence-corrected chi connectivity index (χ4v) is 3.70. The molecule has 0 spiro atoms. The first kappa shape index (κ1) is 16.7. The van der Waals surface area contributed by atoms with Crippen LogP contribution >= 0.6 is 0 Å². The second-order valence-corrected chi connectivity index (χ2v) is 7.46. The van der Waals surface area contributed by atoms with Gasteiger partial charge in [-0.15, -0.1) is 0 Å². The van der Waals surface area contributed by atoms with Gasteiger partial charge in [0.1, 0.15) is 5.82 Å². The van der Waals surface area contributed by atoms with E-state index in [4.69, 9.17) is 4.74 Å². The molecule has 2 fully saturated rings. The smallest absolute Gasteiger partial charge is 0.253 e. The van der Waals surface area contributed by atoms with Crippen LogP contribution in [0.25, 0.3) is 0 Å². The van der Waals surface area contributed by atoms with Gasteiger partial charge in [-0.3, -0.25) is 19.1 Å². The number of amides is 1. The third kappa shape index (κ3) is 4.10. The van der Waals surface area contributed by atoms with Crippen molar-refractivity contribution in [2.45, 2.75) is 45.3 Å². The van der Waals surface area contributed by atoms with Crippen molar-refractivity contribution in [1.29, 1.82) is 0 Å².